The van der Waals surface area contributed by atoms with Gasteiger partial charge in [0.15, 0.2) is 0 Å². The zero-order chi connectivity index (χ0) is 8.97. The van der Waals surface area contributed by atoms with E-state index >= 15 is 0 Å². The van der Waals surface area contributed by atoms with Gasteiger partial charge in [0.1, 0.15) is 0 Å². The Morgan fingerprint density at radius 3 is 2.92 bits per heavy atom. The van der Waals surface area contributed by atoms with E-state index in [-0.39, 0.29) is 6.10 Å². The third-order valence-electron chi connectivity index (χ3n) is 2.76. The van der Waals surface area contributed by atoms with E-state index in [2.05, 4.69) is 11.8 Å². The van der Waals surface area contributed by atoms with Crippen molar-refractivity contribution in [3.05, 3.63) is 0 Å². The minimum atomic E-state index is -0.121. The van der Waals surface area contributed by atoms with Crippen LogP contribution in [0.4, 0.5) is 0 Å². The first-order valence-corrected chi connectivity index (χ1v) is 5.14. The summed E-state index contributed by atoms with van der Waals surface area (Å²) in [6, 6.07) is 0. The first-order chi connectivity index (χ1) is 5.74. The average molecular weight is 171 g/mol. The van der Waals surface area contributed by atoms with E-state index in [0.29, 0.717) is 5.92 Å². The van der Waals surface area contributed by atoms with Crippen molar-refractivity contribution in [3.8, 4) is 0 Å². The van der Waals surface area contributed by atoms with Crippen molar-refractivity contribution >= 4 is 0 Å². The van der Waals surface area contributed by atoms with Crippen LogP contribution in [0.5, 0.6) is 0 Å². The molecule has 1 N–H and O–H groups in total. The minimum Gasteiger partial charge on any atom is -0.393 e. The molecule has 0 aromatic carbocycles. The number of aliphatic hydroxyl groups excluding tert-OH is 1. The Labute approximate surface area is 75.6 Å². The fourth-order valence-electron chi connectivity index (χ4n) is 2.00. The average Bonchev–Trinajstić information content (AvgIpc) is 2.05. The summed E-state index contributed by atoms with van der Waals surface area (Å²) in [4.78, 5) is 2.47. The Hall–Kier alpha value is -0.0800. The SMILES string of the molecule is CCCN1CCC[C@H]([C@H](C)O)C1. The van der Waals surface area contributed by atoms with Crippen molar-refractivity contribution in [3.63, 3.8) is 0 Å². The number of aliphatic hydroxyl groups is 1. The fraction of sp³-hybridized carbons (Fsp3) is 1.00. The molecule has 0 bridgehead atoms. The van der Waals surface area contributed by atoms with Crippen molar-refractivity contribution < 1.29 is 5.11 Å². The molecule has 1 aliphatic rings. The predicted molar refractivity (Wildman–Crippen MR) is 51.1 cm³/mol. The Kier molecular flexibility index (Phi) is 4.02. The van der Waals surface area contributed by atoms with Crippen LogP contribution < -0.4 is 0 Å². The molecule has 2 atom stereocenters. The number of likely N-dealkylation sites (tertiary alicyclic amines) is 1. The van der Waals surface area contributed by atoms with Crippen molar-refractivity contribution in [1.82, 2.24) is 4.90 Å². The van der Waals surface area contributed by atoms with E-state index in [0.717, 1.165) is 6.54 Å². The van der Waals surface area contributed by atoms with Gasteiger partial charge in [-0.15, -0.1) is 0 Å². The summed E-state index contributed by atoms with van der Waals surface area (Å²) in [5, 5.41) is 9.44. The second kappa shape index (κ2) is 4.83. The zero-order valence-corrected chi connectivity index (χ0v) is 8.29. The molecule has 1 aliphatic heterocycles. The second-order valence-corrected chi connectivity index (χ2v) is 3.94. The van der Waals surface area contributed by atoms with E-state index in [1.807, 2.05) is 6.92 Å². The fourth-order valence-corrected chi connectivity index (χ4v) is 2.00. The van der Waals surface area contributed by atoms with E-state index in [1.54, 1.807) is 0 Å². The molecule has 0 spiro atoms. The molecular formula is C10H21NO. The summed E-state index contributed by atoms with van der Waals surface area (Å²) in [6.45, 7) is 7.66. The van der Waals surface area contributed by atoms with Gasteiger partial charge in [-0.25, -0.2) is 0 Å². The van der Waals surface area contributed by atoms with Crippen LogP contribution in [0.1, 0.15) is 33.1 Å². The lowest BCUT2D eigenvalue weighted by Gasteiger charge is -2.33. The largest absolute Gasteiger partial charge is 0.393 e. The maximum absolute atomic E-state index is 9.44. The Balaban J connectivity index is 2.30. The van der Waals surface area contributed by atoms with Crippen LogP contribution in [-0.4, -0.2) is 35.7 Å². The lowest BCUT2D eigenvalue weighted by molar-refractivity contribution is 0.0630. The van der Waals surface area contributed by atoms with Crippen LogP contribution in [0.2, 0.25) is 0 Å². The molecule has 0 unspecified atom stereocenters. The number of piperidine rings is 1. The van der Waals surface area contributed by atoms with E-state index in [4.69, 9.17) is 0 Å². The van der Waals surface area contributed by atoms with Gasteiger partial charge in [-0.2, -0.15) is 0 Å². The summed E-state index contributed by atoms with van der Waals surface area (Å²) >= 11 is 0. The monoisotopic (exact) mass is 171 g/mol. The van der Waals surface area contributed by atoms with Crippen LogP contribution in [0.15, 0.2) is 0 Å². The molecule has 2 heteroatoms. The third kappa shape index (κ3) is 2.76. The van der Waals surface area contributed by atoms with E-state index in [1.165, 1.54) is 32.4 Å². The molecule has 72 valence electrons. The summed E-state index contributed by atoms with van der Waals surface area (Å²) in [7, 11) is 0. The Morgan fingerprint density at radius 2 is 2.33 bits per heavy atom. The van der Waals surface area contributed by atoms with Crippen molar-refractivity contribution in [2.45, 2.75) is 39.2 Å². The van der Waals surface area contributed by atoms with Crippen molar-refractivity contribution in [2.24, 2.45) is 5.92 Å². The molecule has 0 aliphatic carbocycles. The molecule has 1 heterocycles. The van der Waals surface area contributed by atoms with Gasteiger partial charge in [-0.05, 0) is 45.2 Å². The van der Waals surface area contributed by atoms with Gasteiger partial charge in [0.2, 0.25) is 0 Å². The molecule has 1 saturated heterocycles. The maximum Gasteiger partial charge on any atom is 0.0552 e. The molecule has 0 amide bonds. The van der Waals surface area contributed by atoms with Gasteiger partial charge in [0.05, 0.1) is 6.10 Å². The summed E-state index contributed by atoms with van der Waals surface area (Å²) in [5.74, 6) is 0.519. The van der Waals surface area contributed by atoms with Crippen LogP contribution >= 0.6 is 0 Å². The van der Waals surface area contributed by atoms with Crippen molar-refractivity contribution in [2.75, 3.05) is 19.6 Å². The topological polar surface area (TPSA) is 23.5 Å². The van der Waals surface area contributed by atoms with E-state index < -0.39 is 0 Å². The smallest absolute Gasteiger partial charge is 0.0552 e. The quantitative estimate of drug-likeness (QED) is 0.695. The van der Waals surface area contributed by atoms with Gasteiger partial charge < -0.3 is 10.0 Å². The highest BCUT2D eigenvalue weighted by molar-refractivity contribution is 4.75. The van der Waals surface area contributed by atoms with Gasteiger partial charge in [-0.1, -0.05) is 6.92 Å². The second-order valence-electron chi connectivity index (χ2n) is 3.94. The molecule has 0 radical (unpaired) electrons. The molecule has 0 saturated carbocycles. The summed E-state index contributed by atoms with van der Waals surface area (Å²) < 4.78 is 0. The Morgan fingerprint density at radius 1 is 1.58 bits per heavy atom. The summed E-state index contributed by atoms with van der Waals surface area (Å²) in [5.41, 5.74) is 0. The standard InChI is InChI=1S/C10H21NO/c1-3-6-11-7-4-5-10(8-11)9(2)12/h9-10,12H,3-8H2,1-2H3/t9-,10-/m0/s1. The zero-order valence-electron chi connectivity index (χ0n) is 8.29. The number of nitrogens with zero attached hydrogens (tertiary/aromatic N) is 1. The lowest BCUT2D eigenvalue weighted by atomic mass is 9.93. The number of rotatable bonds is 3. The molecule has 2 nitrogen and oxygen atoms in total. The first-order valence-electron chi connectivity index (χ1n) is 5.14. The first kappa shape index (κ1) is 10.0. The molecule has 0 aromatic heterocycles. The van der Waals surface area contributed by atoms with Crippen LogP contribution in [-0.2, 0) is 0 Å². The highest BCUT2D eigenvalue weighted by Crippen LogP contribution is 2.19. The molecular weight excluding hydrogens is 150 g/mol. The van der Waals surface area contributed by atoms with Crippen LogP contribution in [0.25, 0.3) is 0 Å². The molecule has 12 heavy (non-hydrogen) atoms. The van der Waals surface area contributed by atoms with Gasteiger partial charge in [0.25, 0.3) is 0 Å². The van der Waals surface area contributed by atoms with Gasteiger partial charge in [0, 0.05) is 6.54 Å². The normalized spacial score (nSPS) is 28.8. The highest BCUT2D eigenvalue weighted by atomic mass is 16.3. The van der Waals surface area contributed by atoms with Gasteiger partial charge >= 0.3 is 0 Å². The third-order valence-corrected chi connectivity index (χ3v) is 2.76. The van der Waals surface area contributed by atoms with E-state index in [9.17, 15) is 5.11 Å². The maximum atomic E-state index is 9.44. The predicted octanol–water partition coefficient (Wildman–Crippen LogP) is 1.49. The van der Waals surface area contributed by atoms with Crippen molar-refractivity contribution in [1.29, 1.82) is 0 Å². The summed E-state index contributed by atoms with van der Waals surface area (Å²) in [6.07, 6.45) is 3.57. The lowest BCUT2D eigenvalue weighted by Crippen LogP contribution is -2.39. The van der Waals surface area contributed by atoms with Gasteiger partial charge in [-0.3, -0.25) is 0 Å². The van der Waals surface area contributed by atoms with Crippen LogP contribution in [0, 0.1) is 5.92 Å². The number of hydrogen-bond donors (Lipinski definition) is 1. The molecule has 0 aromatic rings. The van der Waals surface area contributed by atoms with Crippen LogP contribution in [0.3, 0.4) is 0 Å². The highest BCUT2D eigenvalue weighted by Gasteiger charge is 2.22. The Bertz CT molecular complexity index is 123. The molecule has 1 rings (SSSR count). The number of hydrogen-bond acceptors (Lipinski definition) is 2. The molecule has 1 fully saturated rings. The minimum absolute atomic E-state index is 0.121.